The van der Waals surface area contributed by atoms with Gasteiger partial charge in [0.1, 0.15) is 11.8 Å². The first kappa shape index (κ1) is 18.7. The van der Waals surface area contributed by atoms with Gasteiger partial charge in [0, 0.05) is 24.6 Å². The van der Waals surface area contributed by atoms with Crippen molar-refractivity contribution in [1.29, 1.82) is 0 Å². The van der Waals surface area contributed by atoms with Gasteiger partial charge >= 0.3 is 6.03 Å². The molecular weight excluding hydrogens is 350 g/mol. The SMILES string of the molecule is COc1ccc(-c2noc(C(C)NC(=O)N3CCC(C(N)=O)CC3)n2)cc1. The number of carbonyl (C=O) groups is 2. The van der Waals surface area contributed by atoms with Crippen molar-refractivity contribution in [2.75, 3.05) is 20.2 Å². The lowest BCUT2D eigenvalue weighted by Crippen LogP contribution is -2.46. The Morgan fingerprint density at radius 1 is 1.30 bits per heavy atom. The summed E-state index contributed by atoms with van der Waals surface area (Å²) in [4.78, 5) is 29.6. The lowest BCUT2D eigenvalue weighted by molar-refractivity contribution is -0.123. The van der Waals surface area contributed by atoms with Gasteiger partial charge in [-0.15, -0.1) is 0 Å². The Morgan fingerprint density at radius 2 is 1.96 bits per heavy atom. The third-order valence-corrected chi connectivity index (χ3v) is 4.68. The summed E-state index contributed by atoms with van der Waals surface area (Å²) in [7, 11) is 1.60. The number of benzene rings is 1. The van der Waals surface area contributed by atoms with Crippen LogP contribution in [0.4, 0.5) is 4.79 Å². The van der Waals surface area contributed by atoms with Crippen molar-refractivity contribution in [3.63, 3.8) is 0 Å². The zero-order valence-electron chi connectivity index (χ0n) is 15.3. The molecule has 1 saturated heterocycles. The van der Waals surface area contributed by atoms with Crippen LogP contribution in [0.1, 0.15) is 31.7 Å². The number of nitrogens with two attached hydrogens (primary N) is 1. The van der Waals surface area contributed by atoms with Crippen LogP contribution in [0.25, 0.3) is 11.4 Å². The van der Waals surface area contributed by atoms with Gasteiger partial charge in [-0.25, -0.2) is 4.79 Å². The van der Waals surface area contributed by atoms with Crippen molar-refractivity contribution in [2.45, 2.75) is 25.8 Å². The summed E-state index contributed by atoms with van der Waals surface area (Å²) in [6.45, 7) is 2.76. The summed E-state index contributed by atoms with van der Waals surface area (Å²) in [6.07, 6.45) is 1.17. The highest BCUT2D eigenvalue weighted by molar-refractivity contribution is 5.78. The lowest BCUT2D eigenvalue weighted by atomic mass is 9.96. The second kappa shape index (κ2) is 8.07. The Kier molecular flexibility index (Phi) is 5.58. The molecule has 1 aliphatic rings. The Balaban J connectivity index is 1.58. The molecule has 0 radical (unpaired) electrons. The van der Waals surface area contributed by atoms with Crippen LogP contribution in [0, 0.1) is 5.92 Å². The number of primary amides is 1. The number of aromatic nitrogens is 2. The third kappa shape index (κ3) is 4.36. The number of nitrogens with one attached hydrogen (secondary N) is 1. The van der Waals surface area contributed by atoms with E-state index in [-0.39, 0.29) is 17.9 Å². The van der Waals surface area contributed by atoms with Crippen LogP contribution in [0.15, 0.2) is 28.8 Å². The topological polar surface area (TPSA) is 124 Å². The Labute approximate surface area is 156 Å². The first-order valence-corrected chi connectivity index (χ1v) is 8.80. The maximum Gasteiger partial charge on any atom is 0.318 e. The molecular formula is C18H23N5O4. The summed E-state index contributed by atoms with van der Waals surface area (Å²) < 4.78 is 10.4. The van der Waals surface area contributed by atoms with Crippen LogP contribution in [0.3, 0.4) is 0 Å². The number of likely N-dealkylation sites (tertiary alicyclic amines) is 1. The minimum absolute atomic E-state index is 0.158. The first-order chi connectivity index (χ1) is 13.0. The second-order valence-corrected chi connectivity index (χ2v) is 6.52. The van der Waals surface area contributed by atoms with Crippen molar-refractivity contribution in [3.05, 3.63) is 30.2 Å². The molecule has 2 heterocycles. The molecule has 3 amide bonds. The van der Waals surface area contributed by atoms with Gasteiger partial charge in [0.2, 0.25) is 17.6 Å². The highest BCUT2D eigenvalue weighted by Crippen LogP contribution is 2.22. The molecule has 0 aliphatic carbocycles. The van der Waals surface area contributed by atoms with E-state index in [1.54, 1.807) is 18.9 Å². The molecule has 0 bridgehead atoms. The van der Waals surface area contributed by atoms with E-state index in [9.17, 15) is 9.59 Å². The summed E-state index contributed by atoms with van der Waals surface area (Å²) in [6, 6.07) is 6.62. The van der Waals surface area contributed by atoms with Gasteiger partial charge in [0.15, 0.2) is 0 Å². The molecule has 9 nitrogen and oxygen atoms in total. The number of hydrogen-bond acceptors (Lipinski definition) is 6. The summed E-state index contributed by atoms with van der Waals surface area (Å²) in [5.74, 6) is 1.04. The van der Waals surface area contributed by atoms with Gasteiger partial charge in [-0.2, -0.15) is 4.98 Å². The molecule has 1 aromatic heterocycles. The molecule has 1 atom stereocenters. The zero-order valence-corrected chi connectivity index (χ0v) is 15.3. The molecule has 1 fully saturated rings. The van der Waals surface area contributed by atoms with Gasteiger partial charge in [0.25, 0.3) is 0 Å². The third-order valence-electron chi connectivity index (χ3n) is 4.68. The van der Waals surface area contributed by atoms with E-state index in [4.69, 9.17) is 15.0 Å². The van der Waals surface area contributed by atoms with E-state index in [0.29, 0.717) is 37.6 Å². The van der Waals surface area contributed by atoms with Crippen molar-refractivity contribution in [1.82, 2.24) is 20.4 Å². The largest absolute Gasteiger partial charge is 0.497 e. The van der Waals surface area contributed by atoms with Crippen molar-refractivity contribution >= 4 is 11.9 Å². The summed E-state index contributed by atoms with van der Waals surface area (Å²) in [5.41, 5.74) is 6.11. The minimum atomic E-state index is -0.439. The number of carbonyl (C=O) groups excluding carboxylic acids is 2. The Bertz CT molecular complexity index is 796. The van der Waals surface area contributed by atoms with Gasteiger partial charge in [0.05, 0.1) is 7.11 Å². The fourth-order valence-electron chi connectivity index (χ4n) is 2.97. The van der Waals surface area contributed by atoms with Crippen LogP contribution in [-0.4, -0.2) is 47.2 Å². The normalized spacial score (nSPS) is 16.0. The van der Waals surface area contributed by atoms with E-state index in [1.807, 2.05) is 24.3 Å². The fourth-order valence-corrected chi connectivity index (χ4v) is 2.97. The van der Waals surface area contributed by atoms with E-state index >= 15 is 0 Å². The average Bonchev–Trinajstić information content (AvgIpc) is 3.18. The standard InChI is InChI=1S/C18H23N5O4/c1-11(20-18(25)23-9-7-12(8-10-23)15(19)24)17-21-16(22-27-17)13-3-5-14(26-2)6-4-13/h3-6,11-12H,7-10H2,1-2H3,(H2,19,24)(H,20,25). The lowest BCUT2D eigenvalue weighted by Gasteiger charge is -2.31. The number of rotatable bonds is 5. The maximum atomic E-state index is 12.4. The van der Waals surface area contributed by atoms with Crippen LogP contribution in [0.5, 0.6) is 5.75 Å². The van der Waals surface area contributed by atoms with E-state index < -0.39 is 6.04 Å². The molecule has 0 spiro atoms. The van der Waals surface area contributed by atoms with Gasteiger partial charge in [-0.1, -0.05) is 5.16 Å². The molecule has 1 aromatic carbocycles. The molecule has 2 aromatic rings. The van der Waals surface area contributed by atoms with Crippen molar-refractivity contribution < 1.29 is 18.8 Å². The smallest absolute Gasteiger partial charge is 0.318 e. The second-order valence-electron chi connectivity index (χ2n) is 6.52. The Hall–Kier alpha value is -3.10. The average molecular weight is 373 g/mol. The molecule has 144 valence electrons. The maximum absolute atomic E-state index is 12.4. The van der Waals surface area contributed by atoms with Crippen LogP contribution in [-0.2, 0) is 4.79 Å². The van der Waals surface area contributed by atoms with E-state index in [0.717, 1.165) is 11.3 Å². The van der Waals surface area contributed by atoms with Gasteiger partial charge in [-0.3, -0.25) is 4.79 Å². The number of nitrogens with zero attached hydrogens (tertiary/aromatic N) is 3. The molecule has 1 unspecified atom stereocenters. The molecule has 9 heteroatoms. The highest BCUT2D eigenvalue weighted by atomic mass is 16.5. The first-order valence-electron chi connectivity index (χ1n) is 8.80. The molecule has 27 heavy (non-hydrogen) atoms. The van der Waals surface area contributed by atoms with Crippen molar-refractivity contribution in [3.8, 4) is 17.1 Å². The zero-order chi connectivity index (χ0) is 19.4. The molecule has 1 aliphatic heterocycles. The monoisotopic (exact) mass is 373 g/mol. The predicted octanol–water partition coefficient (Wildman–Crippen LogP) is 1.71. The number of hydrogen-bond donors (Lipinski definition) is 2. The van der Waals surface area contributed by atoms with Crippen LogP contribution in [0.2, 0.25) is 0 Å². The highest BCUT2D eigenvalue weighted by Gasteiger charge is 2.27. The van der Waals surface area contributed by atoms with Crippen LogP contribution < -0.4 is 15.8 Å². The molecule has 3 rings (SSSR count). The summed E-state index contributed by atoms with van der Waals surface area (Å²) >= 11 is 0. The Morgan fingerprint density at radius 3 is 2.56 bits per heavy atom. The quantitative estimate of drug-likeness (QED) is 0.822. The van der Waals surface area contributed by atoms with Gasteiger partial charge in [-0.05, 0) is 44.0 Å². The van der Waals surface area contributed by atoms with Gasteiger partial charge < -0.3 is 25.2 Å². The number of ether oxygens (including phenoxy) is 1. The minimum Gasteiger partial charge on any atom is -0.497 e. The van der Waals surface area contributed by atoms with Crippen molar-refractivity contribution in [2.24, 2.45) is 11.7 Å². The number of methoxy groups -OCH3 is 1. The van der Waals surface area contributed by atoms with E-state index in [2.05, 4.69) is 15.5 Å². The molecule has 0 saturated carbocycles. The predicted molar refractivity (Wildman–Crippen MR) is 96.7 cm³/mol. The van der Waals surface area contributed by atoms with Crippen LogP contribution >= 0.6 is 0 Å². The number of amides is 3. The summed E-state index contributed by atoms with van der Waals surface area (Å²) in [5, 5.41) is 6.82. The number of piperidine rings is 1. The number of urea groups is 1. The molecule has 3 N–H and O–H groups in total. The van der Waals surface area contributed by atoms with E-state index in [1.165, 1.54) is 0 Å². The fraction of sp³-hybridized carbons (Fsp3) is 0.444.